The molecule has 0 aliphatic carbocycles. The fraction of sp³-hybridized carbons (Fsp3) is 0.524. The van der Waals surface area contributed by atoms with Gasteiger partial charge in [0, 0.05) is 32.4 Å². The lowest BCUT2D eigenvalue weighted by Gasteiger charge is -2.21. The number of rotatable bonds is 7. The third-order valence-corrected chi connectivity index (χ3v) is 5.57. The molecule has 2 saturated heterocycles. The van der Waals surface area contributed by atoms with E-state index in [-0.39, 0.29) is 12.1 Å². The number of nitrogens with zero attached hydrogens (tertiary/aromatic N) is 3. The zero-order valence-electron chi connectivity index (χ0n) is 16.8. The lowest BCUT2D eigenvalue weighted by Crippen LogP contribution is -2.34. The maximum atomic E-state index is 12.3. The summed E-state index contributed by atoms with van der Waals surface area (Å²) in [5.41, 5.74) is 1.81. The van der Waals surface area contributed by atoms with E-state index in [2.05, 4.69) is 26.7 Å². The third-order valence-electron chi connectivity index (χ3n) is 5.57. The van der Waals surface area contributed by atoms with E-state index < -0.39 is 0 Å². The minimum absolute atomic E-state index is 0.197. The molecule has 1 aromatic carbocycles. The predicted molar refractivity (Wildman–Crippen MR) is 112 cm³/mol. The van der Waals surface area contributed by atoms with Crippen LogP contribution >= 0.6 is 0 Å². The molecule has 1 aromatic heterocycles. The van der Waals surface area contributed by atoms with Crippen LogP contribution in [0.3, 0.4) is 0 Å². The van der Waals surface area contributed by atoms with Gasteiger partial charge < -0.3 is 25.0 Å². The Hall–Kier alpha value is -2.74. The normalized spacial score (nSPS) is 21.3. The van der Waals surface area contributed by atoms with Crippen LogP contribution in [0.4, 0.5) is 16.2 Å². The maximum Gasteiger partial charge on any atom is 0.319 e. The van der Waals surface area contributed by atoms with Crippen molar-refractivity contribution in [2.75, 3.05) is 43.6 Å². The third kappa shape index (κ3) is 5.00. The number of carbonyl (C=O) groups is 1. The van der Waals surface area contributed by atoms with Gasteiger partial charge in [0.2, 0.25) is 0 Å². The smallest absolute Gasteiger partial charge is 0.319 e. The van der Waals surface area contributed by atoms with Crippen LogP contribution in [0.1, 0.15) is 19.3 Å². The highest BCUT2D eigenvalue weighted by molar-refractivity contribution is 5.88. The number of anilines is 2. The lowest BCUT2D eigenvalue weighted by atomic mass is 10.1. The lowest BCUT2D eigenvalue weighted by molar-refractivity contribution is 0.0940. The summed E-state index contributed by atoms with van der Waals surface area (Å²) in [6.45, 7) is 4.06. The standard InChI is InChI=1S/C21H29N5O3/c1-28-20-7-3-2-6-19(20)25-9-8-16(13-25)11-22-21(27)24-17-12-23-26(14-17)15-18-5-4-10-29-18/h2-3,6-7,12,14,16,18H,4-5,8-11,13,15H2,1H3,(H2,22,24,27). The maximum absolute atomic E-state index is 12.3. The molecule has 2 N–H and O–H groups in total. The monoisotopic (exact) mass is 399 g/mol. The molecule has 156 valence electrons. The zero-order valence-corrected chi connectivity index (χ0v) is 16.8. The van der Waals surface area contributed by atoms with Crippen molar-refractivity contribution in [2.24, 2.45) is 5.92 Å². The van der Waals surface area contributed by atoms with Crippen molar-refractivity contribution < 1.29 is 14.3 Å². The summed E-state index contributed by atoms with van der Waals surface area (Å²) in [5.74, 6) is 1.30. The number of amides is 2. The molecule has 2 amide bonds. The van der Waals surface area contributed by atoms with Gasteiger partial charge in [0.1, 0.15) is 5.75 Å². The van der Waals surface area contributed by atoms with E-state index in [9.17, 15) is 4.79 Å². The fourth-order valence-electron chi connectivity index (χ4n) is 4.05. The van der Waals surface area contributed by atoms with Gasteiger partial charge in [-0.2, -0.15) is 5.10 Å². The first-order valence-corrected chi connectivity index (χ1v) is 10.3. The first-order valence-electron chi connectivity index (χ1n) is 10.3. The van der Waals surface area contributed by atoms with Crippen LogP contribution in [0.15, 0.2) is 36.7 Å². The molecule has 4 rings (SSSR count). The van der Waals surface area contributed by atoms with E-state index in [1.165, 1.54) is 0 Å². The van der Waals surface area contributed by atoms with Crippen LogP contribution in [-0.2, 0) is 11.3 Å². The first kappa shape index (κ1) is 19.6. The van der Waals surface area contributed by atoms with Gasteiger partial charge in [-0.25, -0.2) is 4.79 Å². The molecular formula is C21H29N5O3. The van der Waals surface area contributed by atoms with E-state index in [1.807, 2.05) is 29.1 Å². The highest BCUT2D eigenvalue weighted by Crippen LogP contribution is 2.31. The molecule has 0 radical (unpaired) electrons. The second-order valence-corrected chi connectivity index (χ2v) is 7.69. The minimum Gasteiger partial charge on any atom is -0.495 e. The van der Waals surface area contributed by atoms with Gasteiger partial charge in [-0.1, -0.05) is 12.1 Å². The molecule has 3 heterocycles. The van der Waals surface area contributed by atoms with Crippen LogP contribution in [0.25, 0.3) is 0 Å². The number of nitrogens with one attached hydrogen (secondary N) is 2. The molecule has 2 atom stereocenters. The van der Waals surface area contributed by atoms with E-state index in [0.29, 0.717) is 18.2 Å². The molecule has 2 aliphatic heterocycles. The van der Waals surface area contributed by atoms with Crippen LogP contribution in [0, 0.1) is 5.92 Å². The van der Waals surface area contributed by atoms with Gasteiger partial charge in [0.25, 0.3) is 0 Å². The second kappa shape index (κ2) is 9.17. The minimum atomic E-state index is -0.197. The molecule has 0 saturated carbocycles. The summed E-state index contributed by atoms with van der Waals surface area (Å²) >= 11 is 0. The number of hydrogen-bond donors (Lipinski definition) is 2. The molecular weight excluding hydrogens is 370 g/mol. The first-order chi connectivity index (χ1) is 14.2. The van der Waals surface area contributed by atoms with Crippen molar-refractivity contribution in [3.63, 3.8) is 0 Å². The SMILES string of the molecule is COc1ccccc1N1CCC(CNC(=O)Nc2cnn(CC3CCCO3)c2)C1. The van der Waals surface area contributed by atoms with E-state index in [1.54, 1.807) is 13.3 Å². The topological polar surface area (TPSA) is 80.7 Å². The molecule has 2 fully saturated rings. The fourth-order valence-corrected chi connectivity index (χ4v) is 4.05. The quantitative estimate of drug-likeness (QED) is 0.748. The van der Waals surface area contributed by atoms with Crippen molar-refractivity contribution in [3.05, 3.63) is 36.7 Å². The van der Waals surface area contributed by atoms with Gasteiger partial charge in [0.15, 0.2) is 0 Å². The van der Waals surface area contributed by atoms with E-state index in [4.69, 9.17) is 9.47 Å². The number of methoxy groups -OCH3 is 1. The summed E-state index contributed by atoms with van der Waals surface area (Å²) in [5, 5.41) is 10.2. The Labute approximate surface area is 171 Å². The summed E-state index contributed by atoms with van der Waals surface area (Å²) in [6.07, 6.45) is 6.96. The van der Waals surface area contributed by atoms with Crippen LogP contribution < -0.4 is 20.3 Å². The number of para-hydroxylation sites is 2. The Bertz CT molecular complexity index is 818. The highest BCUT2D eigenvalue weighted by Gasteiger charge is 2.25. The average Bonchev–Trinajstić information content (AvgIpc) is 3.49. The largest absolute Gasteiger partial charge is 0.495 e. The van der Waals surface area contributed by atoms with Crippen LogP contribution in [0.2, 0.25) is 0 Å². The Kier molecular flexibility index (Phi) is 6.19. The summed E-state index contributed by atoms with van der Waals surface area (Å²) in [4.78, 5) is 14.6. The van der Waals surface area contributed by atoms with Gasteiger partial charge in [-0.3, -0.25) is 4.68 Å². The van der Waals surface area contributed by atoms with Crippen molar-refractivity contribution in [3.8, 4) is 5.75 Å². The number of hydrogen-bond acceptors (Lipinski definition) is 5. The molecule has 2 aromatic rings. The highest BCUT2D eigenvalue weighted by atomic mass is 16.5. The molecule has 29 heavy (non-hydrogen) atoms. The van der Waals surface area contributed by atoms with Crippen molar-refractivity contribution in [1.82, 2.24) is 15.1 Å². The number of aromatic nitrogens is 2. The van der Waals surface area contributed by atoms with Crippen LogP contribution in [0.5, 0.6) is 5.75 Å². The Balaban J connectivity index is 1.21. The van der Waals surface area contributed by atoms with Crippen molar-refractivity contribution >= 4 is 17.4 Å². The summed E-state index contributed by atoms with van der Waals surface area (Å²) in [7, 11) is 1.70. The van der Waals surface area contributed by atoms with Gasteiger partial charge >= 0.3 is 6.03 Å². The molecule has 0 spiro atoms. The summed E-state index contributed by atoms with van der Waals surface area (Å²) in [6, 6.07) is 7.86. The molecule has 0 bridgehead atoms. The van der Waals surface area contributed by atoms with E-state index in [0.717, 1.165) is 56.9 Å². The predicted octanol–water partition coefficient (Wildman–Crippen LogP) is 2.72. The zero-order chi connectivity index (χ0) is 20.1. The van der Waals surface area contributed by atoms with Crippen molar-refractivity contribution in [1.29, 1.82) is 0 Å². The number of carbonyl (C=O) groups excluding carboxylic acids is 1. The Morgan fingerprint density at radius 2 is 2.24 bits per heavy atom. The van der Waals surface area contributed by atoms with E-state index >= 15 is 0 Å². The molecule has 8 heteroatoms. The Morgan fingerprint density at radius 3 is 3.07 bits per heavy atom. The number of benzene rings is 1. The van der Waals surface area contributed by atoms with Gasteiger partial charge in [-0.15, -0.1) is 0 Å². The number of urea groups is 1. The Morgan fingerprint density at radius 1 is 1.34 bits per heavy atom. The van der Waals surface area contributed by atoms with Gasteiger partial charge in [-0.05, 0) is 37.3 Å². The average molecular weight is 399 g/mol. The molecule has 8 nitrogen and oxygen atoms in total. The van der Waals surface area contributed by atoms with Crippen molar-refractivity contribution in [2.45, 2.75) is 31.9 Å². The number of ether oxygens (including phenoxy) is 2. The van der Waals surface area contributed by atoms with Gasteiger partial charge in [0.05, 0.1) is 37.3 Å². The molecule has 2 aliphatic rings. The molecule has 2 unspecified atom stereocenters. The van der Waals surface area contributed by atoms with Crippen LogP contribution in [-0.4, -0.2) is 55.3 Å². The summed E-state index contributed by atoms with van der Waals surface area (Å²) < 4.78 is 12.9. The second-order valence-electron chi connectivity index (χ2n) is 7.69.